The fourth-order valence-electron chi connectivity index (χ4n) is 1.82. The lowest BCUT2D eigenvalue weighted by atomic mass is 10.0. The molecule has 1 aliphatic rings. The van der Waals surface area contributed by atoms with Gasteiger partial charge >= 0.3 is 6.18 Å². The molecule has 96 valence electrons. The Labute approximate surface area is 109 Å². The fraction of sp³-hybridized carbons (Fsp3) is 0.778. The monoisotopic (exact) mass is 329 g/mol. The average molecular weight is 330 g/mol. The molecule has 2 heterocycles. The quantitative estimate of drug-likeness (QED) is 0.780. The lowest BCUT2D eigenvalue weighted by Crippen LogP contribution is -2.35. The molecule has 1 aromatic rings. The molecule has 0 aromatic carbocycles. The predicted molar refractivity (Wildman–Crippen MR) is 63.6 cm³/mol. The van der Waals surface area contributed by atoms with Gasteiger partial charge in [0.05, 0.1) is 0 Å². The second kappa shape index (κ2) is 5.09. The summed E-state index contributed by atoms with van der Waals surface area (Å²) in [7, 11) is 0. The third-order valence-electron chi connectivity index (χ3n) is 2.66. The van der Waals surface area contributed by atoms with Crippen molar-refractivity contribution < 1.29 is 13.2 Å². The van der Waals surface area contributed by atoms with E-state index in [0.717, 1.165) is 31.3 Å². The Morgan fingerprint density at radius 2 is 2.18 bits per heavy atom. The van der Waals surface area contributed by atoms with Crippen molar-refractivity contribution in [3.05, 3.63) is 5.01 Å². The summed E-state index contributed by atoms with van der Waals surface area (Å²) >= 11 is 4.03. The summed E-state index contributed by atoms with van der Waals surface area (Å²) in [5, 5.41) is 7.22. The standard InChI is InChI=1S/C9H11BrF3N3S/c10-4-6-2-1-3-16(5-6)8-15-14-7(17-8)9(11,12)13/h6H,1-5H2. The predicted octanol–water partition coefficient (Wildman–Crippen LogP) is 3.17. The molecule has 1 unspecified atom stereocenters. The molecular weight excluding hydrogens is 319 g/mol. The van der Waals surface area contributed by atoms with Gasteiger partial charge in [-0.25, -0.2) is 0 Å². The van der Waals surface area contributed by atoms with Crippen LogP contribution in [0.4, 0.5) is 18.3 Å². The number of rotatable bonds is 2. The molecule has 0 amide bonds. The number of nitrogens with zero attached hydrogens (tertiary/aromatic N) is 3. The van der Waals surface area contributed by atoms with Gasteiger partial charge in [-0.1, -0.05) is 27.3 Å². The first-order chi connectivity index (χ1) is 8.00. The molecule has 0 spiro atoms. The molecule has 1 aromatic heterocycles. The number of hydrogen-bond acceptors (Lipinski definition) is 4. The van der Waals surface area contributed by atoms with Gasteiger partial charge in [-0.2, -0.15) is 13.2 Å². The molecule has 1 saturated heterocycles. The van der Waals surface area contributed by atoms with E-state index < -0.39 is 11.2 Å². The van der Waals surface area contributed by atoms with Crippen molar-refractivity contribution in [2.75, 3.05) is 23.3 Å². The lowest BCUT2D eigenvalue weighted by molar-refractivity contribution is -0.138. The van der Waals surface area contributed by atoms with Crippen molar-refractivity contribution in [3.63, 3.8) is 0 Å². The summed E-state index contributed by atoms with van der Waals surface area (Å²) in [5.41, 5.74) is 0. The van der Waals surface area contributed by atoms with Crippen LogP contribution in [0.25, 0.3) is 0 Å². The first kappa shape index (κ1) is 13.1. The van der Waals surface area contributed by atoms with E-state index in [-0.39, 0.29) is 0 Å². The Balaban J connectivity index is 2.09. The highest BCUT2D eigenvalue weighted by atomic mass is 79.9. The van der Waals surface area contributed by atoms with Crippen molar-refractivity contribution in [1.82, 2.24) is 10.2 Å². The van der Waals surface area contributed by atoms with Gasteiger partial charge in [0.2, 0.25) is 10.1 Å². The molecule has 1 atom stereocenters. The molecule has 0 bridgehead atoms. The Morgan fingerprint density at radius 1 is 1.41 bits per heavy atom. The van der Waals surface area contributed by atoms with Gasteiger partial charge in [-0.3, -0.25) is 0 Å². The maximum absolute atomic E-state index is 12.4. The maximum Gasteiger partial charge on any atom is 0.445 e. The summed E-state index contributed by atoms with van der Waals surface area (Å²) in [5.74, 6) is 0.474. The van der Waals surface area contributed by atoms with Gasteiger partial charge in [0.25, 0.3) is 0 Å². The average Bonchev–Trinajstić information content (AvgIpc) is 2.78. The number of alkyl halides is 4. The molecule has 1 fully saturated rings. The second-order valence-electron chi connectivity index (χ2n) is 4.00. The van der Waals surface area contributed by atoms with E-state index in [1.807, 2.05) is 4.90 Å². The van der Waals surface area contributed by atoms with Crippen LogP contribution >= 0.6 is 27.3 Å². The van der Waals surface area contributed by atoms with Gasteiger partial charge < -0.3 is 4.90 Å². The van der Waals surface area contributed by atoms with Crippen LogP contribution in [0.2, 0.25) is 0 Å². The third kappa shape index (κ3) is 3.09. The summed E-state index contributed by atoms with van der Waals surface area (Å²) in [6.45, 7) is 1.51. The van der Waals surface area contributed by atoms with Crippen LogP contribution in [-0.4, -0.2) is 28.6 Å². The van der Waals surface area contributed by atoms with Crippen molar-refractivity contribution in [1.29, 1.82) is 0 Å². The van der Waals surface area contributed by atoms with Crippen LogP contribution < -0.4 is 4.90 Å². The van der Waals surface area contributed by atoms with Crippen LogP contribution in [0.1, 0.15) is 17.8 Å². The lowest BCUT2D eigenvalue weighted by Gasteiger charge is -2.31. The van der Waals surface area contributed by atoms with E-state index in [0.29, 0.717) is 22.4 Å². The second-order valence-corrected chi connectivity index (χ2v) is 5.60. The van der Waals surface area contributed by atoms with Crippen molar-refractivity contribution >= 4 is 32.4 Å². The Kier molecular flexibility index (Phi) is 3.92. The molecule has 2 rings (SSSR count). The van der Waals surface area contributed by atoms with Gasteiger partial charge in [-0.05, 0) is 18.8 Å². The van der Waals surface area contributed by atoms with Gasteiger partial charge in [0.1, 0.15) is 0 Å². The van der Waals surface area contributed by atoms with Crippen LogP contribution in [0, 0.1) is 5.92 Å². The van der Waals surface area contributed by atoms with E-state index in [1.165, 1.54) is 0 Å². The van der Waals surface area contributed by atoms with E-state index in [1.54, 1.807) is 0 Å². The largest absolute Gasteiger partial charge is 0.445 e. The third-order valence-corrected chi connectivity index (χ3v) is 4.61. The van der Waals surface area contributed by atoms with E-state index >= 15 is 0 Å². The Hall–Kier alpha value is -0.370. The molecule has 8 heteroatoms. The number of aromatic nitrogens is 2. The Morgan fingerprint density at radius 3 is 2.76 bits per heavy atom. The zero-order valence-electron chi connectivity index (χ0n) is 8.87. The molecule has 3 nitrogen and oxygen atoms in total. The highest BCUT2D eigenvalue weighted by Gasteiger charge is 2.36. The number of piperidine rings is 1. The molecule has 0 radical (unpaired) electrons. The maximum atomic E-state index is 12.4. The van der Waals surface area contributed by atoms with Crippen LogP contribution in [0.3, 0.4) is 0 Å². The van der Waals surface area contributed by atoms with Crippen molar-refractivity contribution in [2.24, 2.45) is 5.92 Å². The van der Waals surface area contributed by atoms with E-state index in [9.17, 15) is 13.2 Å². The van der Waals surface area contributed by atoms with Gasteiger partial charge in [0, 0.05) is 18.4 Å². The highest BCUT2D eigenvalue weighted by Crippen LogP contribution is 2.35. The molecule has 17 heavy (non-hydrogen) atoms. The van der Waals surface area contributed by atoms with Gasteiger partial charge in [-0.15, -0.1) is 10.2 Å². The minimum absolute atomic E-state index is 0.378. The van der Waals surface area contributed by atoms with Gasteiger partial charge in [0.15, 0.2) is 0 Å². The number of anilines is 1. The molecule has 1 aliphatic heterocycles. The summed E-state index contributed by atoms with van der Waals surface area (Å²) < 4.78 is 37.2. The van der Waals surface area contributed by atoms with Crippen molar-refractivity contribution in [2.45, 2.75) is 19.0 Å². The topological polar surface area (TPSA) is 29.0 Å². The number of halogens is 4. The molecule has 0 aliphatic carbocycles. The fourth-order valence-corrected chi connectivity index (χ4v) is 3.10. The SMILES string of the molecule is FC(F)(F)c1nnc(N2CCCC(CBr)C2)s1. The number of hydrogen-bond donors (Lipinski definition) is 0. The van der Waals surface area contributed by atoms with E-state index in [2.05, 4.69) is 26.1 Å². The zero-order valence-corrected chi connectivity index (χ0v) is 11.3. The summed E-state index contributed by atoms with van der Waals surface area (Å²) in [4.78, 5) is 1.89. The first-order valence-corrected chi connectivity index (χ1v) is 7.16. The Bertz CT molecular complexity index is 382. The van der Waals surface area contributed by atoms with Crippen LogP contribution in [-0.2, 0) is 6.18 Å². The molecular formula is C9H11BrF3N3S. The molecule has 0 N–H and O–H groups in total. The minimum Gasteiger partial charge on any atom is -0.346 e. The van der Waals surface area contributed by atoms with Crippen LogP contribution in [0.15, 0.2) is 0 Å². The summed E-state index contributed by atoms with van der Waals surface area (Å²) in [6, 6.07) is 0. The molecule has 0 saturated carbocycles. The smallest absolute Gasteiger partial charge is 0.346 e. The minimum atomic E-state index is -4.39. The zero-order chi connectivity index (χ0) is 12.5. The first-order valence-electron chi connectivity index (χ1n) is 5.22. The highest BCUT2D eigenvalue weighted by molar-refractivity contribution is 9.09. The van der Waals surface area contributed by atoms with Crippen molar-refractivity contribution in [3.8, 4) is 0 Å². The normalized spacial score (nSPS) is 21.9. The van der Waals surface area contributed by atoms with E-state index in [4.69, 9.17) is 0 Å². The van der Waals surface area contributed by atoms with Crippen LogP contribution in [0.5, 0.6) is 0 Å². The summed E-state index contributed by atoms with van der Waals surface area (Å²) in [6.07, 6.45) is -2.30.